The van der Waals surface area contributed by atoms with Crippen LogP contribution < -0.4 is 0 Å². The van der Waals surface area contributed by atoms with E-state index in [9.17, 15) is 5.11 Å². The Kier molecular flexibility index (Phi) is 4.03. The molecule has 0 bridgehead atoms. The quantitative estimate of drug-likeness (QED) is 0.887. The molecule has 16 heavy (non-hydrogen) atoms. The highest BCUT2D eigenvalue weighted by Gasteiger charge is 2.11. The van der Waals surface area contributed by atoms with Crippen LogP contribution in [0.4, 0.5) is 0 Å². The average molecular weight is 318 g/mol. The van der Waals surface area contributed by atoms with E-state index in [1.807, 2.05) is 35.0 Å². The molecule has 0 fully saturated rings. The first-order valence-electron chi connectivity index (χ1n) is 4.81. The lowest BCUT2D eigenvalue weighted by molar-refractivity contribution is 0.179. The first-order chi connectivity index (χ1) is 7.66. The van der Waals surface area contributed by atoms with Crippen molar-refractivity contribution in [2.24, 2.45) is 0 Å². The van der Waals surface area contributed by atoms with Crippen molar-refractivity contribution in [1.29, 1.82) is 0 Å². The highest BCUT2D eigenvalue weighted by atomic mass is 79.9. The van der Waals surface area contributed by atoms with Crippen LogP contribution in [0.25, 0.3) is 0 Å². The molecule has 2 rings (SSSR count). The van der Waals surface area contributed by atoms with E-state index in [-0.39, 0.29) is 0 Å². The van der Waals surface area contributed by atoms with Crippen molar-refractivity contribution in [3.63, 3.8) is 0 Å². The van der Waals surface area contributed by atoms with E-state index >= 15 is 0 Å². The third-order valence-corrected chi connectivity index (χ3v) is 3.90. The number of halogens is 2. The number of hydrogen-bond acceptors (Lipinski definition) is 2. The third kappa shape index (κ3) is 2.86. The molecule has 2 aromatic rings. The molecule has 1 atom stereocenters. The molecule has 0 aliphatic heterocycles. The van der Waals surface area contributed by atoms with Crippen molar-refractivity contribution in [3.8, 4) is 0 Å². The molecule has 0 saturated heterocycles. The van der Waals surface area contributed by atoms with E-state index in [4.69, 9.17) is 11.6 Å². The Morgan fingerprint density at radius 2 is 2.19 bits per heavy atom. The van der Waals surface area contributed by atoms with Crippen LogP contribution in [0.15, 0.2) is 39.5 Å². The molecule has 1 heterocycles. The molecular formula is C12H10BrClOS. The zero-order valence-electron chi connectivity index (χ0n) is 8.36. The normalized spacial score (nSPS) is 12.7. The second kappa shape index (κ2) is 5.32. The summed E-state index contributed by atoms with van der Waals surface area (Å²) in [7, 11) is 0. The smallest absolute Gasteiger partial charge is 0.0838 e. The molecule has 1 N–H and O–H groups in total. The molecular weight excluding hydrogens is 308 g/mol. The van der Waals surface area contributed by atoms with Crippen molar-refractivity contribution in [2.75, 3.05) is 0 Å². The third-order valence-electron chi connectivity index (χ3n) is 2.36. The molecule has 4 heteroatoms. The largest absolute Gasteiger partial charge is 0.388 e. The SMILES string of the molecule is OC(Cc1ccc(Br)cc1Cl)c1ccsc1. The summed E-state index contributed by atoms with van der Waals surface area (Å²) >= 11 is 11.0. The topological polar surface area (TPSA) is 20.2 Å². The summed E-state index contributed by atoms with van der Waals surface area (Å²) in [5.74, 6) is 0. The number of aliphatic hydroxyl groups is 1. The maximum Gasteiger partial charge on any atom is 0.0838 e. The van der Waals surface area contributed by atoms with Crippen LogP contribution in [0.2, 0.25) is 5.02 Å². The Balaban J connectivity index is 2.15. The number of aliphatic hydroxyl groups excluding tert-OH is 1. The van der Waals surface area contributed by atoms with Gasteiger partial charge in [0.15, 0.2) is 0 Å². The molecule has 1 unspecified atom stereocenters. The molecule has 0 aliphatic rings. The van der Waals surface area contributed by atoms with Crippen LogP contribution in [-0.4, -0.2) is 5.11 Å². The van der Waals surface area contributed by atoms with E-state index in [0.717, 1.165) is 15.6 Å². The molecule has 0 amide bonds. The minimum Gasteiger partial charge on any atom is -0.388 e. The lowest BCUT2D eigenvalue weighted by Gasteiger charge is -2.10. The number of rotatable bonds is 3. The summed E-state index contributed by atoms with van der Waals surface area (Å²) < 4.78 is 0.950. The van der Waals surface area contributed by atoms with Gasteiger partial charge in [-0.1, -0.05) is 33.6 Å². The number of thiophene rings is 1. The van der Waals surface area contributed by atoms with E-state index in [2.05, 4.69) is 15.9 Å². The standard InChI is InChI=1S/C12H10BrClOS/c13-10-2-1-8(11(14)6-10)5-12(15)9-3-4-16-7-9/h1-4,6-7,12,15H,5H2. The molecule has 0 aliphatic carbocycles. The lowest BCUT2D eigenvalue weighted by atomic mass is 10.0. The van der Waals surface area contributed by atoms with Crippen LogP contribution in [0, 0.1) is 0 Å². The Bertz CT molecular complexity index is 470. The predicted molar refractivity (Wildman–Crippen MR) is 72.1 cm³/mol. The van der Waals surface area contributed by atoms with Gasteiger partial charge < -0.3 is 5.11 Å². The molecule has 1 nitrogen and oxygen atoms in total. The van der Waals surface area contributed by atoms with Crippen LogP contribution in [0.1, 0.15) is 17.2 Å². The van der Waals surface area contributed by atoms with Crippen molar-refractivity contribution in [2.45, 2.75) is 12.5 Å². The molecule has 1 aromatic heterocycles. The maximum atomic E-state index is 9.99. The number of benzene rings is 1. The van der Waals surface area contributed by atoms with Crippen molar-refractivity contribution in [3.05, 3.63) is 55.6 Å². The lowest BCUT2D eigenvalue weighted by Crippen LogP contribution is -2.00. The van der Waals surface area contributed by atoms with Gasteiger partial charge in [-0.05, 0) is 40.1 Å². The second-order valence-electron chi connectivity index (χ2n) is 3.51. The molecule has 0 saturated carbocycles. The molecule has 84 valence electrons. The Hall–Kier alpha value is -0.350. The van der Waals surface area contributed by atoms with Gasteiger partial charge in [0.1, 0.15) is 0 Å². The summed E-state index contributed by atoms with van der Waals surface area (Å²) in [6.07, 6.45) is 0.0629. The van der Waals surface area contributed by atoms with Gasteiger partial charge in [-0.15, -0.1) is 0 Å². The average Bonchev–Trinajstić information content (AvgIpc) is 2.75. The Morgan fingerprint density at radius 3 is 2.81 bits per heavy atom. The van der Waals surface area contributed by atoms with E-state index in [1.165, 1.54) is 0 Å². The second-order valence-corrected chi connectivity index (χ2v) is 5.62. The first-order valence-corrected chi connectivity index (χ1v) is 6.92. The molecule has 1 aromatic carbocycles. The minimum absolute atomic E-state index is 0.482. The predicted octanol–water partition coefficient (Wildman–Crippen LogP) is 4.44. The zero-order chi connectivity index (χ0) is 11.5. The van der Waals surface area contributed by atoms with E-state index in [1.54, 1.807) is 11.3 Å². The Labute approximate surface area is 112 Å². The monoisotopic (exact) mass is 316 g/mol. The summed E-state index contributed by atoms with van der Waals surface area (Å²) in [4.78, 5) is 0. The van der Waals surface area contributed by atoms with Crippen molar-refractivity contribution < 1.29 is 5.11 Å². The van der Waals surface area contributed by atoms with Gasteiger partial charge in [-0.25, -0.2) is 0 Å². The fraction of sp³-hybridized carbons (Fsp3) is 0.167. The summed E-state index contributed by atoms with van der Waals surface area (Å²) in [6.45, 7) is 0. The summed E-state index contributed by atoms with van der Waals surface area (Å²) in [5.41, 5.74) is 1.91. The van der Waals surface area contributed by atoms with Gasteiger partial charge in [-0.2, -0.15) is 11.3 Å². The fourth-order valence-electron chi connectivity index (χ4n) is 1.48. The highest BCUT2D eigenvalue weighted by molar-refractivity contribution is 9.10. The first kappa shape index (κ1) is 12.1. The summed E-state index contributed by atoms with van der Waals surface area (Å²) in [5, 5.41) is 14.6. The molecule has 0 radical (unpaired) electrons. The maximum absolute atomic E-state index is 9.99. The van der Waals surface area contributed by atoms with Gasteiger partial charge >= 0.3 is 0 Å². The summed E-state index contributed by atoms with van der Waals surface area (Å²) in [6, 6.07) is 7.64. The minimum atomic E-state index is -0.482. The van der Waals surface area contributed by atoms with Crippen LogP contribution in [-0.2, 0) is 6.42 Å². The Morgan fingerprint density at radius 1 is 1.38 bits per heavy atom. The van der Waals surface area contributed by atoms with Crippen molar-refractivity contribution >= 4 is 38.9 Å². The van der Waals surface area contributed by atoms with Crippen LogP contribution in [0.5, 0.6) is 0 Å². The zero-order valence-corrected chi connectivity index (χ0v) is 11.5. The van der Waals surface area contributed by atoms with Gasteiger partial charge in [0, 0.05) is 15.9 Å². The highest BCUT2D eigenvalue weighted by Crippen LogP contribution is 2.27. The van der Waals surface area contributed by atoms with E-state index in [0.29, 0.717) is 11.4 Å². The van der Waals surface area contributed by atoms with Crippen LogP contribution in [0.3, 0.4) is 0 Å². The van der Waals surface area contributed by atoms with Crippen LogP contribution >= 0.6 is 38.9 Å². The fourth-order valence-corrected chi connectivity index (χ4v) is 2.94. The van der Waals surface area contributed by atoms with Gasteiger partial charge in [0.25, 0.3) is 0 Å². The van der Waals surface area contributed by atoms with Gasteiger partial charge in [0.2, 0.25) is 0 Å². The molecule has 0 spiro atoms. The van der Waals surface area contributed by atoms with Gasteiger partial charge in [-0.3, -0.25) is 0 Å². The van der Waals surface area contributed by atoms with Gasteiger partial charge in [0.05, 0.1) is 6.10 Å². The van der Waals surface area contributed by atoms with E-state index < -0.39 is 6.10 Å². The number of hydrogen-bond donors (Lipinski definition) is 1. The van der Waals surface area contributed by atoms with Crippen molar-refractivity contribution in [1.82, 2.24) is 0 Å².